The topological polar surface area (TPSA) is 58.9 Å². The number of pyridine rings is 1. The monoisotopic (exact) mass is 329 g/mol. The number of hydrogen-bond donors (Lipinski definition) is 1. The molecule has 2 aromatic heterocycles. The van der Waals surface area contributed by atoms with Crippen LogP contribution >= 0.6 is 15.9 Å². The molecule has 2 heterocycles. The van der Waals surface area contributed by atoms with Crippen LogP contribution in [0.2, 0.25) is 0 Å². The number of rotatable bonds is 3. The molecule has 0 radical (unpaired) electrons. The molecule has 100 valence electrons. The van der Waals surface area contributed by atoms with Gasteiger partial charge in [0.25, 0.3) is 0 Å². The van der Waals surface area contributed by atoms with Gasteiger partial charge in [0.2, 0.25) is 0 Å². The first-order valence-corrected chi connectivity index (χ1v) is 7.00. The summed E-state index contributed by atoms with van der Waals surface area (Å²) in [7, 11) is 0. The van der Waals surface area contributed by atoms with E-state index < -0.39 is 6.10 Å². The van der Waals surface area contributed by atoms with Gasteiger partial charge in [-0.3, -0.25) is 15.0 Å². The molecule has 0 spiro atoms. The van der Waals surface area contributed by atoms with Gasteiger partial charge in [0.15, 0.2) is 0 Å². The molecule has 0 bridgehead atoms. The molecule has 0 aliphatic rings. The molecule has 0 aliphatic heterocycles. The van der Waals surface area contributed by atoms with Gasteiger partial charge in [-0.25, -0.2) is 0 Å². The smallest absolute Gasteiger partial charge is 0.0890 e. The highest BCUT2D eigenvalue weighted by Gasteiger charge is 2.10. The highest BCUT2D eigenvalue weighted by molar-refractivity contribution is 9.10. The van der Waals surface area contributed by atoms with E-state index in [9.17, 15) is 5.11 Å². The van der Waals surface area contributed by atoms with Crippen LogP contribution in [0.5, 0.6) is 0 Å². The summed E-state index contributed by atoms with van der Waals surface area (Å²) in [4.78, 5) is 12.6. The normalized spacial score (nSPS) is 12.5. The Hall–Kier alpha value is -1.85. The van der Waals surface area contributed by atoms with E-state index in [0.29, 0.717) is 6.42 Å². The number of aliphatic hydroxyl groups excluding tert-OH is 1. The quantitative estimate of drug-likeness (QED) is 0.802. The number of fused-ring (bicyclic) bond motifs is 1. The highest BCUT2D eigenvalue weighted by Crippen LogP contribution is 2.22. The van der Waals surface area contributed by atoms with E-state index >= 15 is 0 Å². The van der Waals surface area contributed by atoms with Crippen molar-refractivity contribution in [3.05, 3.63) is 64.7 Å². The van der Waals surface area contributed by atoms with Crippen LogP contribution in [0.25, 0.3) is 11.0 Å². The number of nitrogens with zero attached hydrogens (tertiary/aromatic N) is 3. The molecule has 0 aliphatic carbocycles. The van der Waals surface area contributed by atoms with Gasteiger partial charge in [0.05, 0.1) is 17.1 Å². The first-order chi connectivity index (χ1) is 9.72. The second-order valence-corrected chi connectivity index (χ2v) is 5.45. The Kier molecular flexibility index (Phi) is 3.71. The minimum absolute atomic E-state index is 0.512. The fourth-order valence-electron chi connectivity index (χ4n) is 2.10. The van der Waals surface area contributed by atoms with Crippen LogP contribution in [-0.4, -0.2) is 20.1 Å². The van der Waals surface area contributed by atoms with Gasteiger partial charge in [-0.1, -0.05) is 6.07 Å². The van der Waals surface area contributed by atoms with E-state index in [1.807, 2.05) is 24.3 Å². The summed E-state index contributed by atoms with van der Waals surface area (Å²) in [5.74, 6) is 0. The fraction of sp³-hybridized carbons (Fsp3) is 0.133. The zero-order valence-electron chi connectivity index (χ0n) is 10.6. The van der Waals surface area contributed by atoms with Crippen LogP contribution in [0.4, 0.5) is 0 Å². The SMILES string of the molecule is OC(Cc1cncc(Br)c1)c1ccc2nccnc2c1. The molecule has 4 nitrogen and oxygen atoms in total. The van der Waals surface area contributed by atoms with Crippen LogP contribution in [0.3, 0.4) is 0 Å². The molecular formula is C15H12BrN3O. The van der Waals surface area contributed by atoms with Crippen LogP contribution < -0.4 is 0 Å². The van der Waals surface area contributed by atoms with Crippen molar-refractivity contribution in [2.45, 2.75) is 12.5 Å². The maximum atomic E-state index is 10.3. The van der Waals surface area contributed by atoms with E-state index in [2.05, 4.69) is 30.9 Å². The molecule has 1 N–H and O–H groups in total. The number of aliphatic hydroxyl groups is 1. The molecule has 1 unspecified atom stereocenters. The predicted molar refractivity (Wildman–Crippen MR) is 80.1 cm³/mol. The third kappa shape index (κ3) is 2.84. The van der Waals surface area contributed by atoms with Crippen molar-refractivity contribution >= 4 is 27.0 Å². The number of benzene rings is 1. The molecule has 0 saturated carbocycles. The number of halogens is 1. The van der Waals surface area contributed by atoms with E-state index in [0.717, 1.165) is 26.6 Å². The van der Waals surface area contributed by atoms with Crippen molar-refractivity contribution in [2.24, 2.45) is 0 Å². The average Bonchev–Trinajstić information content (AvgIpc) is 2.47. The van der Waals surface area contributed by atoms with E-state index in [1.54, 1.807) is 24.8 Å². The van der Waals surface area contributed by atoms with Crippen molar-refractivity contribution in [2.75, 3.05) is 0 Å². The van der Waals surface area contributed by atoms with E-state index in [-0.39, 0.29) is 0 Å². The molecule has 5 heteroatoms. The lowest BCUT2D eigenvalue weighted by Gasteiger charge is -2.11. The molecule has 3 aromatic rings. The third-order valence-electron chi connectivity index (χ3n) is 3.07. The Morgan fingerprint density at radius 3 is 2.65 bits per heavy atom. The fourth-order valence-corrected chi connectivity index (χ4v) is 2.51. The molecule has 0 fully saturated rings. The van der Waals surface area contributed by atoms with Crippen LogP contribution in [-0.2, 0) is 6.42 Å². The second kappa shape index (κ2) is 5.64. The lowest BCUT2D eigenvalue weighted by molar-refractivity contribution is 0.178. The minimum atomic E-state index is -0.586. The summed E-state index contributed by atoms with van der Waals surface area (Å²) >= 11 is 3.38. The van der Waals surface area contributed by atoms with Gasteiger partial charge in [0, 0.05) is 35.7 Å². The van der Waals surface area contributed by atoms with E-state index in [1.165, 1.54) is 0 Å². The Balaban J connectivity index is 1.86. The van der Waals surface area contributed by atoms with Crippen molar-refractivity contribution in [1.29, 1.82) is 0 Å². The van der Waals surface area contributed by atoms with Crippen molar-refractivity contribution in [3.8, 4) is 0 Å². The van der Waals surface area contributed by atoms with Crippen molar-refractivity contribution < 1.29 is 5.11 Å². The van der Waals surface area contributed by atoms with Crippen molar-refractivity contribution in [3.63, 3.8) is 0 Å². The maximum absolute atomic E-state index is 10.3. The van der Waals surface area contributed by atoms with Gasteiger partial charge in [-0.2, -0.15) is 0 Å². The molecule has 0 saturated heterocycles. The summed E-state index contributed by atoms with van der Waals surface area (Å²) < 4.78 is 0.909. The van der Waals surface area contributed by atoms with Crippen molar-refractivity contribution in [1.82, 2.24) is 15.0 Å². The first kappa shape index (κ1) is 13.1. The summed E-state index contributed by atoms with van der Waals surface area (Å²) in [5.41, 5.74) is 3.42. The Morgan fingerprint density at radius 1 is 1.05 bits per heavy atom. The van der Waals surface area contributed by atoms with Gasteiger partial charge >= 0.3 is 0 Å². The molecule has 0 amide bonds. The van der Waals surface area contributed by atoms with Gasteiger partial charge < -0.3 is 5.11 Å². The van der Waals surface area contributed by atoms with Crippen LogP contribution in [0, 0.1) is 0 Å². The summed E-state index contributed by atoms with van der Waals surface area (Å²) in [5, 5.41) is 10.3. The number of aromatic nitrogens is 3. The standard InChI is InChI=1S/C15H12BrN3O/c16-12-5-10(8-17-9-12)6-15(20)11-1-2-13-14(7-11)19-4-3-18-13/h1-5,7-9,15,20H,6H2. The number of hydrogen-bond acceptors (Lipinski definition) is 4. The lowest BCUT2D eigenvalue weighted by atomic mass is 10.0. The first-order valence-electron chi connectivity index (χ1n) is 6.20. The molecule has 1 aromatic carbocycles. The van der Waals surface area contributed by atoms with Crippen LogP contribution in [0.1, 0.15) is 17.2 Å². The Bertz CT molecular complexity index is 748. The molecular weight excluding hydrogens is 318 g/mol. The minimum Gasteiger partial charge on any atom is -0.388 e. The molecule has 3 rings (SSSR count). The zero-order valence-corrected chi connectivity index (χ0v) is 12.2. The second-order valence-electron chi connectivity index (χ2n) is 4.54. The van der Waals surface area contributed by atoms with E-state index in [4.69, 9.17) is 0 Å². The Morgan fingerprint density at radius 2 is 1.85 bits per heavy atom. The summed E-state index contributed by atoms with van der Waals surface area (Å²) in [6, 6.07) is 7.59. The molecule has 1 atom stereocenters. The van der Waals surface area contributed by atoms with Gasteiger partial charge in [0.1, 0.15) is 0 Å². The zero-order chi connectivity index (χ0) is 13.9. The van der Waals surface area contributed by atoms with Crippen LogP contribution in [0.15, 0.2) is 53.5 Å². The summed E-state index contributed by atoms with van der Waals surface area (Å²) in [6.07, 6.45) is 6.72. The average molecular weight is 330 g/mol. The third-order valence-corrected chi connectivity index (χ3v) is 3.50. The largest absolute Gasteiger partial charge is 0.388 e. The Labute approximate surface area is 124 Å². The maximum Gasteiger partial charge on any atom is 0.0890 e. The summed E-state index contributed by atoms with van der Waals surface area (Å²) in [6.45, 7) is 0. The van der Waals surface area contributed by atoms with Gasteiger partial charge in [-0.15, -0.1) is 0 Å². The van der Waals surface area contributed by atoms with Gasteiger partial charge in [-0.05, 0) is 45.3 Å². The predicted octanol–water partition coefficient (Wildman–Crippen LogP) is 3.06. The molecule has 20 heavy (non-hydrogen) atoms. The highest BCUT2D eigenvalue weighted by atomic mass is 79.9. The lowest BCUT2D eigenvalue weighted by Crippen LogP contribution is -2.02.